The monoisotopic (exact) mass is 887 g/mol. The van der Waals surface area contributed by atoms with Crippen molar-refractivity contribution < 1.29 is 0 Å². The number of unbranched alkanes of at least 4 members (excludes halogenated alkanes) is 1. The van der Waals surface area contributed by atoms with Crippen LogP contribution in [0.1, 0.15) is 98.2 Å². The number of aryl methyl sites for hydroxylation is 4. The molecule has 2 aliphatic rings. The second-order valence-corrected chi connectivity index (χ2v) is 18.5. The van der Waals surface area contributed by atoms with Crippen LogP contribution in [0, 0.1) is 27.7 Å². The van der Waals surface area contributed by atoms with Gasteiger partial charge in [0.15, 0.2) is 0 Å². The van der Waals surface area contributed by atoms with Crippen LogP contribution in [0.2, 0.25) is 0 Å². The smallest absolute Gasteiger partial charge is 0.0441 e. The quantitative estimate of drug-likeness (QED) is 0.156. The van der Waals surface area contributed by atoms with Gasteiger partial charge in [0.2, 0.25) is 0 Å². The first kappa shape index (κ1) is 48.9. The summed E-state index contributed by atoms with van der Waals surface area (Å²) < 4.78 is 0. The van der Waals surface area contributed by atoms with E-state index in [-0.39, 0.29) is 5.41 Å². The van der Waals surface area contributed by atoms with Gasteiger partial charge in [0.05, 0.1) is 0 Å². The highest BCUT2D eigenvalue weighted by atomic mass is 14.4. The van der Waals surface area contributed by atoms with Crippen LogP contribution in [0.4, 0.5) is 0 Å². The number of rotatable bonds is 6. The van der Waals surface area contributed by atoms with Gasteiger partial charge in [0, 0.05) is 5.41 Å². The summed E-state index contributed by atoms with van der Waals surface area (Å²) in [5, 5.41) is 0. The molecule has 68 heavy (non-hydrogen) atoms. The normalized spacial score (nSPS) is 12.3. The molecule has 0 nitrogen and oxygen atoms in total. The van der Waals surface area contributed by atoms with Crippen molar-refractivity contribution in [1.82, 2.24) is 0 Å². The van der Waals surface area contributed by atoms with Gasteiger partial charge in [-0.25, -0.2) is 0 Å². The van der Waals surface area contributed by atoms with E-state index in [1.54, 1.807) is 0 Å². The molecule has 0 heteroatoms. The van der Waals surface area contributed by atoms with Crippen molar-refractivity contribution in [2.75, 3.05) is 0 Å². The summed E-state index contributed by atoms with van der Waals surface area (Å²) in [6, 6.07) is 80.4. The van der Waals surface area contributed by atoms with Crippen LogP contribution in [-0.4, -0.2) is 0 Å². The van der Waals surface area contributed by atoms with E-state index >= 15 is 0 Å². The van der Waals surface area contributed by atoms with E-state index in [0.717, 1.165) is 0 Å². The topological polar surface area (TPSA) is 0 Å². The number of fused-ring (bicyclic) bond motifs is 3. The molecule has 0 unspecified atom stereocenters. The predicted molar refractivity (Wildman–Crippen MR) is 297 cm³/mol. The molecule has 1 saturated carbocycles. The summed E-state index contributed by atoms with van der Waals surface area (Å²) in [5.74, 6) is 0. The van der Waals surface area contributed by atoms with E-state index in [4.69, 9.17) is 0 Å². The van der Waals surface area contributed by atoms with E-state index in [9.17, 15) is 0 Å². The Labute approximate surface area is 409 Å². The zero-order valence-corrected chi connectivity index (χ0v) is 41.6. The van der Waals surface area contributed by atoms with Crippen molar-refractivity contribution in [2.45, 2.75) is 92.4 Å². The van der Waals surface area contributed by atoms with E-state index < -0.39 is 0 Å². The minimum atomic E-state index is -0.167. The van der Waals surface area contributed by atoms with Gasteiger partial charge in [-0.05, 0) is 113 Å². The maximum atomic E-state index is 2.39. The fourth-order valence-electron chi connectivity index (χ4n) is 8.78. The molecule has 2 aliphatic carbocycles. The van der Waals surface area contributed by atoms with Crippen molar-refractivity contribution in [1.29, 1.82) is 0 Å². The lowest BCUT2D eigenvalue weighted by Crippen LogP contribution is -2.23. The molecule has 1 fully saturated rings. The Hall–Kier alpha value is -7.02. The highest BCUT2D eigenvalue weighted by Crippen LogP contribution is 2.54. The third kappa shape index (κ3) is 12.1. The lowest BCUT2D eigenvalue weighted by Gasteiger charge is -2.31. The first-order valence-corrected chi connectivity index (χ1v) is 24.9. The maximum absolute atomic E-state index is 2.39. The maximum Gasteiger partial charge on any atom is 0.0441 e. The standard InChI is InChI=1S/C28H24.C19H16.C13H12.C4H8.C4H10/c1-19-16-17-20(2)24(18-19)23-12-6-9-15-27(23)28(3)25-13-7-4-10-21(25)22-11-5-8-14-26(22)28;1-15-7-9-17(10-8-15)19-13-11-18(12-14-19)16-5-3-2-4-6-16;1-11-7-9-13(10-8-11)12-5-3-2-4-6-12;1-2-4-3-1;1-3-4-2/h4-18H,1-3H3;2-14H,1H3;2-10H,1H3;1-4H2;3-4H2,1-2H3. The summed E-state index contributed by atoms with van der Waals surface area (Å²) in [6.07, 6.45) is 8.64. The van der Waals surface area contributed by atoms with Gasteiger partial charge in [0.1, 0.15) is 0 Å². The van der Waals surface area contributed by atoms with Crippen molar-refractivity contribution in [3.63, 3.8) is 0 Å². The average molecular weight is 887 g/mol. The first-order valence-electron chi connectivity index (χ1n) is 24.9. The molecular formula is C68H70. The lowest BCUT2D eigenvalue weighted by molar-refractivity contribution is 0.504. The van der Waals surface area contributed by atoms with Gasteiger partial charge in [-0.1, -0.05) is 294 Å². The van der Waals surface area contributed by atoms with Crippen LogP contribution in [-0.2, 0) is 5.41 Å². The number of hydrogen-bond donors (Lipinski definition) is 0. The number of hydrogen-bond acceptors (Lipinski definition) is 0. The molecule has 0 aliphatic heterocycles. The van der Waals surface area contributed by atoms with Crippen molar-refractivity contribution >= 4 is 0 Å². The second kappa shape index (κ2) is 24.1. The number of benzene rings is 9. The van der Waals surface area contributed by atoms with Gasteiger partial charge >= 0.3 is 0 Å². The van der Waals surface area contributed by atoms with E-state index in [2.05, 4.69) is 261 Å². The van der Waals surface area contributed by atoms with Gasteiger partial charge in [-0.2, -0.15) is 0 Å². The zero-order chi connectivity index (χ0) is 47.7. The van der Waals surface area contributed by atoms with Crippen LogP contribution in [0.15, 0.2) is 224 Å². The third-order valence-electron chi connectivity index (χ3n) is 13.4. The fraction of sp³-hybridized carbons (Fsp3) is 0.206. The molecule has 0 saturated heterocycles. The first-order chi connectivity index (χ1) is 33.2. The molecule has 0 atom stereocenters. The highest BCUT2D eigenvalue weighted by molar-refractivity contribution is 5.86. The van der Waals surface area contributed by atoms with Crippen LogP contribution in [0.3, 0.4) is 0 Å². The van der Waals surface area contributed by atoms with E-state index in [1.165, 1.54) is 133 Å². The molecule has 0 heterocycles. The van der Waals surface area contributed by atoms with E-state index in [0.29, 0.717) is 0 Å². The van der Waals surface area contributed by atoms with Gasteiger partial charge in [0.25, 0.3) is 0 Å². The zero-order valence-electron chi connectivity index (χ0n) is 41.6. The molecule has 11 rings (SSSR count). The summed E-state index contributed by atoms with van der Waals surface area (Å²) in [5.41, 5.74) is 22.2. The van der Waals surface area contributed by atoms with Gasteiger partial charge in [-0.3, -0.25) is 0 Å². The molecule has 0 amide bonds. The molecule has 342 valence electrons. The second-order valence-electron chi connectivity index (χ2n) is 18.5. The molecular weight excluding hydrogens is 817 g/mol. The predicted octanol–water partition coefficient (Wildman–Crippen LogP) is 19.7. The summed E-state index contributed by atoms with van der Waals surface area (Å²) in [7, 11) is 0. The SMILES string of the molecule is C1CCC1.CCCC.Cc1ccc(-c2ccc(-c3ccccc3)cc2)cc1.Cc1ccc(-c2ccccc2)cc1.Cc1ccc(C)c(-c2ccccc2C2(C)c3ccccc3-c3ccccc32)c1. The summed E-state index contributed by atoms with van der Waals surface area (Å²) >= 11 is 0. The Balaban J connectivity index is 0.000000147. The summed E-state index contributed by atoms with van der Waals surface area (Å²) in [4.78, 5) is 0. The molecule has 0 radical (unpaired) electrons. The van der Waals surface area contributed by atoms with Crippen LogP contribution >= 0.6 is 0 Å². The van der Waals surface area contributed by atoms with Crippen LogP contribution in [0.25, 0.3) is 55.6 Å². The minimum Gasteiger partial charge on any atom is -0.0654 e. The van der Waals surface area contributed by atoms with Gasteiger partial charge < -0.3 is 0 Å². The van der Waals surface area contributed by atoms with Crippen LogP contribution < -0.4 is 0 Å². The Bertz CT molecular complexity index is 2860. The fourth-order valence-corrected chi connectivity index (χ4v) is 8.78. The van der Waals surface area contributed by atoms with E-state index in [1.807, 2.05) is 12.1 Å². The Morgan fingerprint density at radius 2 is 0.574 bits per heavy atom. The molecule has 0 spiro atoms. The Kier molecular flexibility index (Phi) is 17.4. The molecule has 9 aromatic rings. The Morgan fingerprint density at radius 3 is 0.912 bits per heavy atom. The van der Waals surface area contributed by atoms with Crippen molar-refractivity contribution in [2.24, 2.45) is 0 Å². The van der Waals surface area contributed by atoms with Crippen molar-refractivity contribution in [3.05, 3.63) is 263 Å². The van der Waals surface area contributed by atoms with Crippen LogP contribution in [0.5, 0.6) is 0 Å². The molecule has 0 aromatic heterocycles. The van der Waals surface area contributed by atoms with Gasteiger partial charge in [-0.15, -0.1) is 0 Å². The molecule has 0 N–H and O–H groups in total. The Morgan fingerprint density at radius 1 is 0.294 bits per heavy atom. The van der Waals surface area contributed by atoms with Crippen molar-refractivity contribution in [3.8, 4) is 55.6 Å². The average Bonchev–Trinajstić information content (AvgIpc) is 3.64. The third-order valence-corrected chi connectivity index (χ3v) is 13.4. The molecule has 0 bridgehead atoms. The minimum absolute atomic E-state index is 0.167. The lowest BCUT2D eigenvalue weighted by atomic mass is 9.71. The highest BCUT2D eigenvalue weighted by Gasteiger charge is 2.41. The largest absolute Gasteiger partial charge is 0.0654 e. The summed E-state index contributed by atoms with van der Waals surface area (Å²) in [6.45, 7) is 15.4. The molecule has 9 aromatic carbocycles.